The van der Waals surface area contributed by atoms with E-state index >= 15 is 0 Å². The van der Waals surface area contributed by atoms with Gasteiger partial charge >= 0.3 is 0 Å². The SMILES string of the molecule is COc1ccc(CC(=O)NC(C)CO)c(OC)c1. The van der Waals surface area contributed by atoms with Crippen molar-refractivity contribution < 1.29 is 19.4 Å². The molecule has 0 fully saturated rings. The predicted octanol–water partition coefficient (Wildman–Crippen LogP) is 0.743. The molecular weight excluding hydrogens is 234 g/mol. The molecule has 0 aliphatic rings. The predicted molar refractivity (Wildman–Crippen MR) is 67.9 cm³/mol. The summed E-state index contributed by atoms with van der Waals surface area (Å²) < 4.78 is 10.3. The number of rotatable bonds is 6. The molecule has 5 heteroatoms. The molecule has 1 aromatic rings. The zero-order valence-electron chi connectivity index (χ0n) is 10.9. The van der Waals surface area contributed by atoms with E-state index in [-0.39, 0.29) is 25.0 Å². The van der Waals surface area contributed by atoms with Crippen LogP contribution in [0.15, 0.2) is 18.2 Å². The standard InChI is InChI=1S/C13H19NO4/c1-9(8-15)14-13(16)6-10-4-5-11(17-2)7-12(10)18-3/h4-5,7,9,15H,6,8H2,1-3H3,(H,14,16). The Balaban J connectivity index is 2.74. The summed E-state index contributed by atoms with van der Waals surface area (Å²) in [6, 6.07) is 5.06. The lowest BCUT2D eigenvalue weighted by Gasteiger charge is -2.13. The van der Waals surface area contributed by atoms with Gasteiger partial charge in [0, 0.05) is 17.7 Å². The molecule has 0 saturated heterocycles. The van der Waals surface area contributed by atoms with Crippen molar-refractivity contribution in [3.8, 4) is 11.5 Å². The lowest BCUT2D eigenvalue weighted by molar-refractivity contribution is -0.121. The van der Waals surface area contributed by atoms with Crippen LogP contribution in [-0.4, -0.2) is 37.9 Å². The second-order valence-corrected chi connectivity index (χ2v) is 4.01. The Morgan fingerprint density at radius 1 is 1.39 bits per heavy atom. The van der Waals surface area contributed by atoms with Crippen molar-refractivity contribution in [1.82, 2.24) is 5.32 Å². The largest absolute Gasteiger partial charge is 0.497 e. The molecule has 0 aliphatic carbocycles. The van der Waals surface area contributed by atoms with E-state index in [9.17, 15) is 4.79 Å². The van der Waals surface area contributed by atoms with Gasteiger partial charge in [-0.1, -0.05) is 6.07 Å². The molecule has 1 unspecified atom stereocenters. The lowest BCUT2D eigenvalue weighted by atomic mass is 10.1. The molecule has 0 saturated carbocycles. The number of carbonyl (C=O) groups is 1. The average Bonchev–Trinajstić information content (AvgIpc) is 2.38. The van der Waals surface area contributed by atoms with Crippen LogP contribution >= 0.6 is 0 Å². The van der Waals surface area contributed by atoms with Gasteiger partial charge in [-0.25, -0.2) is 0 Å². The van der Waals surface area contributed by atoms with E-state index in [1.807, 2.05) is 0 Å². The summed E-state index contributed by atoms with van der Waals surface area (Å²) in [6.07, 6.45) is 0.206. The lowest BCUT2D eigenvalue weighted by Crippen LogP contribution is -2.36. The third kappa shape index (κ3) is 3.92. The number of amides is 1. The van der Waals surface area contributed by atoms with Gasteiger partial charge in [0.05, 0.1) is 27.2 Å². The Kier molecular flexibility index (Phi) is 5.45. The highest BCUT2D eigenvalue weighted by Crippen LogP contribution is 2.24. The van der Waals surface area contributed by atoms with Crippen LogP contribution in [0.4, 0.5) is 0 Å². The molecule has 2 N–H and O–H groups in total. The highest BCUT2D eigenvalue weighted by Gasteiger charge is 2.11. The molecule has 1 amide bonds. The number of ether oxygens (including phenoxy) is 2. The van der Waals surface area contributed by atoms with Crippen molar-refractivity contribution in [2.75, 3.05) is 20.8 Å². The van der Waals surface area contributed by atoms with E-state index in [1.165, 1.54) is 0 Å². The molecule has 1 aromatic carbocycles. The maximum Gasteiger partial charge on any atom is 0.224 e. The molecule has 5 nitrogen and oxygen atoms in total. The van der Waals surface area contributed by atoms with Crippen molar-refractivity contribution in [3.05, 3.63) is 23.8 Å². The van der Waals surface area contributed by atoms with Gasteiger partial charge in [-0.2, -0.15) is 0 Å². The van der Waals surface area contributed by atoms with Gasteiger partial charge in [0.25, 0.3) is 0 Å². The highest BCUT2D eigenvalue weighted by atomic mass is 16.5. The molecule has 0 radical (unpaired) electrons. The Labute approximate surface area is 107 Å². The number of nitrogens with one attached hydrogen (secondary N) is 1. The van der Waals surface area contributed by atoms with E-state index in [0.29, 0.717) is 11.5 Å². The van der Waals surface area contributed by atoms with Crippen LogP contribution in [0.2, 0.25) is 0 Å². The fraction of sp³-hybridized carbons (Fsp3) is 0.462. The minimum atomic E-state index is -0.248. The first-order valence-electron chi connectivity index (χ1n) is 5.71. The molecule has 1 atom stereocenters. The fourth-order valence-electron chi connectivity index (χ4n) is 1.54. The van der Waals surface area contributed by atoms with Crippen LogP contribution in [0.25, 0.3) is 0 Å². The second-order valence-electron chi connectivity index (χ2n) is 4.01. The molecule has 100 valence electrons. The molecule has 0 bridgehead atoms. The van der Waals surface area contributed by atoms with Crippen LogP contribution < -0.4 is 14.8 Å². The normalized spacial score (nSPS) is 11.8. The number of carbonyl (C=O) groups excluding carboxylic acids is 1. The average molecular weight is 253 g/mol. The van der Waals surface area contributed by atoms with E-state index in [1.54, 1.807) is 39.3 Å². The Bertz CT molecular complexity index is 406. The first-order chi connectivity index (χ1) is 8.60. The summed E-state index contributed by atoms with van der Waals surface area (Å²) in [5.74, 6) is 1.14. The van der Waals surface area contributed by atoms with E-state index < -0.39 is 0 Å². The van der Waals surface area contributed by atoms with E-state index in [2.05, 4.69) is 5.32 Å². The van der Waals surface area contributed by atoms with Crippen LogP contribution in [0, 0.1) is 0 Å². The number of methoxy groups -OCH3 is 2. The molecular formula is C13H19NO4. The second kappa shape index (κ2) is 6.86. The van der Waals surface area contributed by atoms with Crippen molar-refractivity contribution in [2.24, 2.45) is 0 Å². The van der Waals surface area contributed by atoms with Crippen molar-refractivity contribution in [3.63, 3.8) is 0 Å². The smallest absolute Gasteiger partial charge is 0.224 e. The molecule has 0 aromatic heterocycles. The Hall–Kier alpha value is -1.75. The quantitative estimate of drug-likeness (QED) is 0.785. The van der Waals surface area contributed by atoms with Gasteiger partial charge < -0.3 is 19.9 Å². The van der Waals surface area contributed by atoms with Gasteiger partial charge in [0.15, 0.2) is 0 Å². The van der Waals surface area contributed by atoms with Gasteiger partial charge in [-0.3, -0.25) is 4.79 Å². The molecule has 0 aliphatic heterocycles. The topological polar surface area (TPSA) is 67.8 Å². The third-order valence-electron chi connectivity index (χ3n) is 2.53. The van der Waals surface area contributed by atoms with Gasteiger partial charge in [0.2, 0.25) is 5.91 Å². The van der Waals surface area contributed by atoms with E-state index in [0.717, 1.165) is 5.56 Å². The monoisotopic (exact) mass is 253 g/mol. The summed E-state index contributed by atoms with van der Waals surface area (Å²) in [6.45, 7) is 1.66. The van der Waals surface area contributed by atoms with Crippen LogP contribution in [0.3, 0.4) is 0 Å². The Morgan fingerprint density at radius 2 is 2.11 bits per heavy atom. The first kappa shape index (κ1) is 14.3. The van der Waals surface area contributed by atoms with Crippen molar-refractivity contribution in [1.29, 1.82) is 0 Å². The minimum absolute atomic E-state index is 0.0779. The molecule has 1 rings (SSSR count). The maximum atomic E-state index is 11.7. The Morgan fingerprint density at radius 3 is 2.67 bits per heavy atom. The van der Waals surface area contributed by atoms with Gasteiger partial charge in [-0.05, 0) is 13.0 Å². The zero-order chi connectivity index (χ0) is 13.5. The van der Waals surface area contributed by atoms with E-state index in [4.69, 9.17) is 14.6 Å². The first-order valence-corrected chi connectivity index (χ1v) is 5.71. The maximum absolute atomic E-state index is 11.7. The van der Waals surface area contributed by atoms with Crippen molar-refractivity contribution >= 4 is 5.91 Å². The molecule has 0 spiro atoms. The van der Waals surface area contributed by atoms with Gasteiger partial charge in [0.1, 0.15) is 11.5 Å². The summed E-state index contributed by atoms with van der Waals surface area (Å²) >= 11 is 0. The summed E-state index contributed by atoms with van der Waals surface area (Å²) in [5.41, 5.74) is 0.779. The van der Waals surface area contributed by atoms with Crippen LogP contribution in [0.5, 0.6) is 11.5 Å². The van der Waals surface area contributed by atoms with Crippen LogP contribution in [-0.2, 0) is 11.2 Å². The number of hydrogen-bond acceptors (Lipinski definition) is 4. The molecule has 0 heterocycles. The number of hydrogen-bond donors (Lipinski definition) is 2. The van der Waals surface area contributed by atoms with Crippen LogP contribution in [0.1, 0.15) is 12.5 Å². The fourth-order valence-corrected chi connectivity index (χ4v) is 1.54. The summed E-state index contributed by atoms with van der Waals surface area (Å²) in [5, 5.41) is 11.5. The summed E-state index contributed by atoms with van der Waals surface area (Å²) in [4.78, 5) is 11.7. The van der Waals surface area contributed by atoms with Crippen molar-refractivity contribution in [2.45, 2.75) is 19.4 Å². The number of aliphatic hydroxyl groups excluding tert-OH is 1. The third-order valence-corrected chi connectivity index (χ3v) is 2.53. The summed E-state index contributed by atoms with van der Waals surface area (Å²) in [7, 11) is 3.12. The minimum Gasteiger partial charge on any atom is -0.497 e. The number of aliphatic hydroxyl groups is 1. The molecule has 18 heavy (non-hydrogen) atoms. The highest BCUT2D eigenvalue weighted by molar-refractivity contribution is 5.79. The zero-order valence-corrected chi connectivity index (χ0v) is 10.9. The van der Waals surface area contributed by atoms with Gasteiger partial charge in [-0.15, -0.1) is 0 Å². The number of benzene rings is 1.